The number of fused-ring (bicyclic) bond motifs is 1. The summed E-state index contributed by atoms with van der Waals surface area (Å²) in [6, 6.07) is 8.73. The normalized spacial score (nSPS) is 11.6. The molecular formula is C20H20F3N3O4S. The molecule has 0 N–H and O–H groups in total. The lowest BCUT2D eigenvalue weighted by Crippen LogP contribution is -2.19. The van der Waals surface area contributed by atoms with Gasteiger partial charge in [-0.25, -0.2) is 4.98 Å². The number of ether oxygens (including phenoxy) is 2. The summed E-state index contributed by atoms with van der Waals surface area (Å²) in [6.07, 6.45) is -2.81. The molecule has 0 saturated heterocycles. The van der Waals surface area contributed by atoms with E-state index in [0.29, 0.717) is 21.9 Å². The average molecular weight is 455 g/mol. The molecule has 166 valence electrons. The summed E-state index contributed by atoms with van der Waals surface area (Å²) in [7, 11) is 0. The number of nitrogens with zero attached hydrogens (tertiary/aromatic N) is 3. The quantitative estimate of drug-likeness (QED) is 0.338. The third kappa shape index (κ3) is 6.11. The van der Waals surface area contributed by atoms with E-state index < -0.39 is 12.8 Å². The number of alkyl halides is 3. The van der Waals surface area contributed by atoms with E-state index in [-0.39, 0.29) is 31.5 Å². The predicted octanol–water partition coefficient (Wildman–Crippen LogP) is 4.82. The Hall–Kier alpha value is -2.79. The summed E-state index contributed by atoms with van der Waals surface area (Å²) in [5.41, 5.74) is 2.37. The van der Waals surface area contributed by atoms with Crippen LogP contribution in [0.25, 0.3) is 11.0 Å². The SMILES string of the molecule is CCC(=O)OCn1c(SOCc2nccc(OCC(F)(F)F)c2C)nc2ccccc21. The lowest BCUT2D eigenvalue weighted by molar-refractivity contribution is -0.153. The van der Waals surface area contributed by atoms with E-state index in [0.717, 1.165) is 17.6 Å². The van der Waals surface area contributed by atoms with Gasteiger partial charge in [0.2, 0.25) is 0 Å². The number of halogens is 3. The second-order valence-corrected chi connectivity index (χ2v) is 7.21. The van der Waals surface area contributed by atoms with E-state index in [4.69, 9.17) is 13.7 Å². The minimum Gasteiger partial charge on any atom is -0.484 e. The molecule has 2 heterocycles. The van der Waals surface area contributed by atoms with Gasteiger partial charge in [0.15, 0.2) is 18.5 Å². The number of benzene rings is 1. The highest BCUT2D eigenvalue weighted by Gasteiger charge is 2.28. The van der Waals surface area contributed by atoms with Gasteiger partial charge in [-0.3, -0.25) is 14.3 Å². The number of aromatic nitrogens is 3. The largest absolute Gasteiger partial charge is 0.484 e. The van der Waals surface area contributed by atoms with E-state index in [2.05, 4.69) is 9.97 Å². The lowest BCUT2D eigenvalue weighted by Gasteiger charge is -2.13. The Kier molecular flexibility index (Phi) is 7.39. The van der Waals surface area contributed by atoms with Crippen molar-refractivity contribution in [1.29, 1.82) is 0 Å². The second-order valence-electron chi connectivity index (χ2n) is 6.44. The van der Waals surface area contributed by atoms with Gasteiger partial charge in [0.1, 0.15) is 12.4 Å². The van der Waals surface area contributed by atoms with Gasteiger partial charge in [-0.15, -0.1) is 0 Å². The molecule has 0 aliphatic rings. The summed E-state index contributed by atoms with van der Waals surface area (Å²) in [6.45, 7) is 1.93. The molecule has 3 aromatic rings. The molecule has 0 aliphatic carbocycles. The first-order chi connectivity index (χ1) is 14.8. The molecule has 0 aliphatic heterocycles. The Bertz CT molecular complexity index is 1060. The Morgan fingerprint density at radius 3 is 2.74 bits per heavy atom. The van der Waals surface area contributed by atoms with Crippen LogP contribution in [0.15, 0.2) is 41.7 Å². The number of imidazole rings is 1. The first kappa shape index (κ1) is 22.9. The smallest absolute Gasteiger partial charge is 0.422 e. The number of hydrogen-bond donors (Lipinski definition) is 0. The van der Waals surface area contributed by atoms with Crippen LogP contribution in [0.5, 0.6) is 5.75 Å². The van der Waals surface area contributed by atoms with Gasteiger partial charge < -0.3 is 13.7 Å². The molecule has 0 unspecified atom stereocenters. The molecule has 31 heavy (non-hydrogen) atoms. The van der Waals surface area contributed by atoms with Crippen LogP contribution in [0.2, 0.25) is 0 Å². The van der Waals surface area contributed by atoms with Crippen LogP contribution >= 0.6 is 12.0 Å². The summed E-state index contributed by atoms with van der Waals surface area (Å²) in [4.78, 5) is 20.2. The standard InChI is InChI=1S/C20H20F3N3O4S/c1-3-18(27)29-12-26-16-7-5-4-6-14(16)25-19(26)31-30-10-15-13(2)17(8-9-24-15)28-11-20(21,22)23/h4-9H,3,10-12H2,1-2H3. The third-order valence-electron chi connectivity index (χ3n) is 4.24. The van der Waals surface area contributed by atoms with Gasteiger partial charge in [0.25, 0.3) is 0 Å². The Morgan fingerprint density at radius 1 is 1.23 bits per heavy atom. The summed E-state index contributed by atoms with van der Waals surface area (Å²) >= 11 is 0.959. The van der Waals surface area contributed by atoms with Gasteiger partial charge in [-0.1, -0.05) is 19.1 Å². The molecule has 2 aromatic heterocycles. The number of hydrogen-bond acceptors (Lipinski definition) is 7. The first-order valence-corrected chi connectivity index (χ1v) is 10.1. The molecule has 11 heteroatoms. The minimum absolute atomic E-state index is 0.0116. The highest BCUT2D eigenvalue weighted by atomic mass is 32.2. The zero-order valence-electron chi connectivity index (χ0n) is 16.8. The van der Waals surface area contributed by atoms with E-state index >= 15 is 0 Å². The molecule has 0 fully saturated rings. The van der Waals surface area contributed by atoms with Crippen molar-refractivity contribution in [3.63, 3.8) is 0 Å². The average Bonchev–Trinajstić information content (AvgIpc) is 3.09. The van der Waals surface area contributed by atoms with Gasteiger partial charge in [-0.05, 0) is 25.1 Å². The highest BCUT2D eigenvalue weighted by Crippen LogP contribution is 2.28. The molecule has 0 radical (unpaired) electrons. The molecule has 1 aromatic carbocycles. The van der Waals surface area contributed by atoms with Crippen LogP contribution in [-0.4, -0.2) is 33.3 Å². The van der Waals surface area contributed by atoms with Crippen molar-refractivity contribution >= 4 is 29.0 Å². The number of carbonyl (C=O) groups excluding carboxylic acids is 1. The number of carbonyl (C=O) groups is 1. The van der Waals surface area contributed by atoms with E-state index in [1.54, 1.807) is 18.4 Å². The lowest BCUT2D eigenvalue weighted by atomic mass is 10.2. The monoisotopic (exact) mass is 455 g/mol. The van der Waals surface area contributed by atoms with E-state index in [9.17, 15) is 18.0 Å². The molecule has 7 nitrogen and oxygen atoms in total. The Balaban J connectivity index is 1.70. The maximum atomic E-state index is 12.4. The minimum atomic E-state index is -4.43. The fraction of sp³-hybridized carbons (Fsp3) is 0.350. The zero-order valence-corrected chi connectivity index (χ0v) is 17.6. The zero-order chi connectivity index (χ0) is 22.4. The van der Waals surface area contributed by atoms with Crippen LogP contribution in [0.3, 0.4) is 0 Å². The summed E-state index contributed by atoms with van der Waals surface area (Å²) in [5, 5.41) is 0.465. The predicted molar refractivity (Wildman–Crippen MR) is 107 cm³/mol. The van der Waals surface area contributed by atoms with Gasteiger partial charge in [-0.2, -0.15) is 13.2 Å². The third-order valence-corrected chi connectivity index (χ3v) is 4.94. The van der Waals surface area contributed by atoms with Crippen molar-refractivity contribution in [3.8, 4) is 5.75 Å². The molecule has 0 spiro atoms. The Labute approximate surface area is 180 Å². The van der Waals surface area contributed by atoms with Crippen LogP contribution in [-0.2, 0) is 27.1 Å². The van der Waals surface area contributed by atoms with Crippen LogP contribution in [0.1, 0.15) is 24.6 Å². The second kappa shape index (κ2) is 10.0. The van der Waals surface area contributed by atoms with Crippen molar-refractivity contribution < 1.29 is 31.6 Å². The molecule has 3 rings (SSSR count). The van der Waals surface area contributed by atoms with Crippen molar-refractivity contribution in [1.82, 2.24) is 14.5 Å². The number of para-hydroxylation sites is 2. The summed E-state index contributed by atoms with van der Waals surface area (Å²) < 4.78 is 54.7. The van der Waals surface area contributed by atoms with Crippen LogP contribution in [0, 0.1) is 6.92 Å². The maximum Gasteiger partial charge on any atom is 0.422 e. The van der Waals surface area contributed by atoms with E-state index in [1.807, 2.05) is 24.3 Å². The maximum absolute atomic E-state index is 12.4. The van der Waals surface area contributed by atoms with Crippen molar-refractivity contribution in [3.05, 3.63) is 47.8 Å². The van der Waals surface area contributed by atoms with Gasteiger partial charge in [0, 0.05) is 18.2 Å². The highest BCUT2D eigenvalue weighted by molar-refractivity contribution is 7.94. The Morgan fingerprint density at radius 2 is 2.00 bits per heavy atom. The van der Waals surface area contributed by atoms with Crippen molar-refractivity contribution in [2.45, 2.75) is 44.9 Å². The fourth-order valence-electron chi connectivity index (χ4n) is 2.64. The number of pyridine rings is 1. The molecule has 0 amide bonds. The van der Waals surface area contributed by atoms with Crippen LogP contribution in [0.4, 0.5) is 13.2 Å². The van der Waals surface area contributed by atoms with Crippen molar-refractivity contribution in [2.75, 3.05) is 6.61 Å². The molecule has 0 atom stereocenters. The number of rotatable bonds is 9. The van der Waals surface area contributed by atoms with Gasteiger partial charge >= 0.3 is 12.1 Å². The van der Waals surface area contributed by atoms with E-state index in [1.165, 1.54) is 12.3 Å². The fourth-order valence-corrected chi connectivity index (χ4v) is 3.29. The summed E-state index contributed by atoms with van der Waals surface area (Å²) in [5.74, 6) is -0.250. The molecule has 0 bridgehead atoms. The van der Waals surface area contributed by atoms with Gasteiger partial charge in [0.05, 0.1) is 28.8 Å². The molecule has 0 saturated carbocycles. The first-order valence-electron chi connectivity index (χ1n) is 9.33. The number of esters is 1. The molecular weight excluding hydrogens is 435 g/mol. The van der Waals surface area contributed by atoms with Crippen molar-refractivity contribution in [2.24, 2.45) is 0 Å². The van der Waals surface area contributed by atoms with Crippen LogP contribution < -0.4 is 4.74 Å². The topological polar surface area (TPSA) is 75.5 Å².